The topological polar surface area (TPSA) is 69.8 Å². The lowest BCUT2D eigenvalue weighted by Crippen LogP contribution is -2.47. The first-order valence-corrected chi connectivity index (χ1v) is 8.27. The predicted octanol–water partition coefficient (Wildman–Crippen LogP) is 1.12. The van der Waals surface area contributed by atoms with Crippen molar-refractivity contribution in [1.29, 1.82) is 0 Å². The first-order chi connectivity index (χ1) is 12.2. The molecule has 0 bridgehead atoms. The molecule has 0 saturated carbocycles. The van der Waals surface area contributed by atoms with Crippen LogP contribution in [0.15, 0.2) is 42.7 Å². The SMILES string of the molecule is O[C@@H](CN1CCN(c2ccc3nncn3n2)CC1)c1cccc(F)c1. The molecule has 1 aromatic carbocycles. The van der Waals surface area contributed by atoms with Crippen molar-refractivity contribution in [1.82, 2.24) is 24.7 Å². The minimum Gasteiger partial charge on any atom is -0.387 e. The molecule has 2 aromatic heterocycles. The molecular weight excluding hydrogens is 323 g/mol. The van der Waals surface area contributed by atoms with Crippen LogP contribution in [-0.4, -0.2) is 62.5 Å². The van der Waals surface area contributed by atoms with E-state index in [1.165, 1.54) is 12.1 Å². The Morgan fingerprint density at radius 1 is 1.12 bits per heavy atom. The minimum atomic E-state index is -0.686. The summed E-state index contributed by atoms with van der Waals surface area (Å²) in [6.07, 6.45) is 0.901. The minimum absolute atomic E-state index is 0.322. The third-order valence-electron chi connectivity index (χ3n) is 4.51. The molecule has 0 amide bonds. The Labute approximate surface area is 144 Å². The fraction of sp³-hybridized carbons (Fsp3) is 0.353. The summed E-state index contributed by atoms with van der Waals surface area (Å²) in [7, 11) is 0. The average Bonchev–Trinajstić information content (AvgIpc) is 3.10. The van der Waals surface area contributed by atoms with Crippen LogP contribution in [0, 0.1) is 5.82 Å². The average molecular weight is 342 g/mol. The van der Waals surface area contributed by atoms with E-state index in [1.807, 2.05) is 12.1 Å². The van der Waals surface area contributed by atoms with Gasteiger partial charge in [-0.25, -0.2) is 4.39 Å². The van der Waals surface area contributed by atoms with E-state index in [9.17, 15) is 9.50 Å². The third-order valence-corrected chi connectivity index (χ3v) is 4.51. The van der Waals surface area contributed by atoms with Gasteiger partial charge in [-0.15, -0.1) is 15.3 Å². The second-order valence-corrected chi connectivity index (χ2v) is 6.18. The van der Waals surface area contributed by atoms with Gasteiger partial charge in [0.05, 0.1) is 6.10 Å². The van der Waals surface area contributed by atoms with Crippen LogP contribution in [0.2, 0.25) is 0 Å². The summed E-state index contributed by atoms with van der Waals surface area (Å²) in [5, 5.41) is 22.6. The van der Waals surface area contributed by atoms with Crippen LogP contribution in [0.3, 0.4) is 0 Å². The molecule has 4 rings (SSSR count). The van der Waals surface area contributed by atoms with Crippen molar-refractivity contribution in [2.45, 2.75) is 6.10 Å². The molecule has 0 radical (unpaired) electrons. The molecule has 3 aromatic rings. The normalized spacial score (nSPS) is 17.1. The summed E-state index contributed by atoms with van der Waals surface area (Å²) in [4.78, 5) is 4.38. The Balaban J connectivity index is 1.36. The largest absolute Gasteiger partial charge is 0.387 e. The van der Waals surface area contributed by atoms with Crippen molar-refractivity contribution in [2.24, 2.45) is 0 Å². The summed E-state index contributed by atoms with van der Waals surface area (Å²) in [5.41, 5.74) is 1.34. The van der Waals surface area contributed by atoms with Crippen LogP contribution in [0.4, 0.5) is 10.2 Å². The monoisotopic (exact) mass is 342 g/mol. The zero-order chi connectivity index (χ0) is 17.2. The van der Waals surface area contributed by atoms with E-state index in [-0.39, 0.29) is 5.82 Å². The van der Waals surface area contributed by atoms with Crippen molar-refractivity contribution in [3.63, 3.8) is 0 Å². The van der Waals surface area contributed by atoms with Gasteiger partial charge in [-0.1, -0.05) is 12.1 Å². The Hall–Kier alpha value is -2.58. The highest BCUT2D eigenvalue weighted by atomic mass is 19.1. The Morgan fingerprint density at radius 3 is 2.76 bits per heavy atom. The first-order valence-electron chi connectivity index (χ1n) is 8.27. The number of aromatic nitrogens is 4. The number of anilines is 1. The molecule has 7 nitrogen and oxygen atoms in total. The van der Waals surface area contributed by atoms with Crippen molar-refractivity contribution in [3.8, 4) is 0 Å². The van der Waals surface area contributed by atoms with E-state index < -0.39 is 6.10 Å². The fourth-order valence-electron chi connectivity index (χ4n) is 3.11. The van der Waals surface area contributed by atoms with E-state index in [4.69, 9.17) is 0 Å². The molecule has 8 heteroatoms. The molecule has 3 heterocycles. The van der Waals surface area contributed by atoms with E-state index in [2.05, 4.69) is 25.1 Å². The standard InChI is InChI=1S/C17H19FN6O/c18-14-3-1-2-13(10-14)15(25)11-22-6-8-23(9-7-22)17-5-4-16-20-19-12-24(16)21-17/h1-5,10,12,15,25H,6-9,11H2/t15-/m0/s1. The van der Waals surface area contributed by atoms with Gasteiger partial charge in [0.1, 0.15) is 18.0 Å². The Kier molecular flexibility index (Phi) is 4.29. The van der Waals surface area contributed by atoms with Gasteiger partial charge in [0.25, 0.3) is 0 Å². The number of aliphatic hydroxyl groups excluding tert-OH is 1. The summed E-state index contributed by atoms with van der Waals surface area (Å²) >= 11 is 0. The first kappa shape index (κ1) is 15.9. The molecule has 0 spiro atoms. The molecule has 1 saturated heterocycles. The number of halogens is 1. The molecule has 1 fully saturated rings. The number of nitrogens with zero attached hydrogens (tertiary/aromatic N) is 6. The quantitative estimate of drug-likeness (QED) is 0.766. The highest BCUT2D eigenvalue weighted by molar-refractivity contribution is 5.45. The van der Waals surface area contributed by atoms with E-state index >= 15 is 0 Å². The number of benzene rings is 1. The van der Waals surface area contributed by atoms with Crippen LogP contribution in [0.25, 0.3) is 5.65 Å². The molecule has 1 N–H and O–H groups in total. The Bertz CT molecular complexity index is 861. The molecule has 1 aliphatic rings. The number of piperazine rings is 1. The zero-order valence-electron chi connectivity index (χ0n) is 13.7. The van der Waals surface area contributed by atoms with Gasteiger partial charge in [-0.3, -0.25) is 4.90 Å². The van der Waals surface area contributed by atoms with Gasteiger partial charge < -0.3 is 10.0 Å². The van der Waals surface area contributed by atoms with E-state index in [0.717, 1.165) is 37.6 Å². The molecule has 0 aliphatic carbocycles. The molecule has 130 valence electrons. The summed E-state index contributed by atoms with van der Waals surface area (Å²) in [6, 6.07) is 9.99. The molecule has 25 heavy (non-hydrogen) atoms. The van der Waals surface area contributed by atoms with Crippen LogP contribution in [-0.2, 0) is 0 Å². The number of fused-ring (bicyclic) bond motifs is 1. The van der Waals surface area contributed by atoms with Crippen molar-refractivity contribution in [3.05, 3.63) is 54.1 Å². The number of hydrogen-bond acceptors (Lipinski definition) is 6. The highest BCUT2D eigenvalue weighted by Crippen LogP contribution is 2.18. The van der Waals surface area contributed by atoms with Crippen LogP contribution in [0.5, 0.6) is 0 Å². The summed E-state index contributed by atoms with van der Waals surface area (Å²) < 4.78 is 14.9. The van der Waals surface area contributed by atoms with Gasteiger partial charge in [0.15, 0.2) is 5.65 Å². The summed E-state index contributed by atoms with van der Waals surface area (Å²) in [6.45, 7) is 3.75. The van der Waals surface area contributed by atoms with Gasteiger partial charge in [0.2, 0.25) is 0 Å². The highest BCUT2D eigenvalue weighted by Gasteiger charge is 2.21. The smallest absolute Gasteiger partial charge is 0.177 e. The number of β-amino-alcohol motifs (C(OH)–C–C–N with tert-alkyl or cyclic N) is 1. The van der Waals surface area contributed by atoms with Crippen LogP contribution >= 0.6 is 0 Å². The maximum absolute atomic E-state index is 13.3. The molecule has 0 unspecified atom stereocenters. The van der Waals surface area contributed by atoms with Gasteiger partial charge in [-0.05, 0) is 29.8 Å². The van der Waals surface area contributed by atoms with Crippen LogP contribution < -0.4 is 4.90 Å². The lowest BCUT2D eigenvalue weighted by molar-refractivity contribution is 0.109. The van der Waals surface area contributed by atoms with E-state index in [1.54, 1.807) is 23.0 Å². The second kappa shape index (κ2) is 6.73. The fourth-order valence-corrected chi connectivity index (χ4v) is 3.11. The maximum atomic E-state index is 13.3. The maximum Gasteiger partial charge on any atom is 0.177 e. The van der Waals surface area contributed by atoms with Gasteiger partial charge >= 0.3 is 0 Å². The molecule has 1 atom stereocenters. The van der Waals surface area contributed by atoms with Crippen LogP contribution in [0.1, 0.15) is 11.7 Å². The number of aliphatic hydroxyl groups is 1. The Morgan fingerprint density at radius 2 is 1.96 bits per heavy atom. The molecular formula is C17H19FN6O. The second-order valence-electron chi connectivity index (χ2n) is 6.18. The van der Waals surface area contributed by atoms with Crippen molar-refractivity contribution < 1.29 is 9.50 Å². The van der Waals surface area contributed by atoms with Crippen molar-refractivity contribution in [2.75, 3.05) is 37.6 Å². The number of rotatable bonds is 4. The lowest BCUT2D eigenvalue weighted by atomic mass is 10.1. The lowest BCUT2D eigenvalue weighted by Gasteiger charge is -2.36. The van der Waals surface area contributed by atoms with E-state index in [0.29, 0.717) is 12.1 Å². The zero-order valence-corrected chi connectivity index (χ0v) is 13.7. The number of hydrogen-bond donors (Lipinski definition) is 1. The van der Waals surface area contributed by atoms with Gasteiger partial charge in [-0.2, -0.15) is 4.52 Å². The van der Waals surface area contributed by atoms with Gasteiger partial charge in [0, 0.05) is 32.7 Å². The van der Waals surface area contributed by atoms with Crippen molar-refractivity contribution >= 4 is 11.5 Å². The predicted molar refractivity (Wildman–Crippen MR) is 90.8 cm³/mol. The third kappa shape index (κ3) is 3.45. The molecule has 1 aliphatic heterocycles. The summed E-state index contributed by atoms with van der Waals surface area (Å²) in [5.74, 6) is 0.564.